The van der Waals surface area contributed by atoms with Gasteiger partial charge in [0.1, 0.15) is 0 Å². The number of hydrogen-bond acceptors (Lipinski definition) is 1. The van der Waals surface area contributed by atoms with E-state index in [-0.39, 0.29) is 35.0 Å². The standard InChI is InChI=1S/C4H9.Na.H2O/c1-4(2)3;;/h1-3H3;;1H2/q-1;+1;/p-1. The van der Waals surface area contributed by atoms with E-state index < -0.39 is 0 Å². The second-order valence-corrected chi connectivity index (χ2v) is 1.50. The molecular weight excluding hydrogens is 87.0 g/mol. The van der Waals surface area contributed by atoms with E-state index in [0.717, 1.165) is 0 Å². The first-order chi connectivity index (χ1) is 1.73. The molecule has 0 amide bonds. The predicted octanol–water partition coefficient (Wildman–Crippen LogP) is -1.55. The monoisotopic (exact) mass is 97.1 g/mol. The molecule has 1 N–H and O–H groups in total. The fourth-order valence-corrected chi connectivity index (χ4v) is 0. The Labute approximate surface area is 61.7 Å². The molecule has 0 aliphatic rings. The molecule has 6 heavy (non-hydrogen) atoms. The molecule has 0 aromatic heterocycles. The van der Waals surface area contributed by atoms with Crippen molar-refractivity contribution in [1.82, 2.24) is 0 Å². The van der Waals surface area contributed by atoms with Gasteiger partial charge in [0.2, 0.25) is 0 Å². The first-order valence-corrected chi connectivity index (χ1v) is 1.50. The molecule has 0 fully saturated rings. The van der Waals surface area contributed by atoms with Gasteiger partial charge < -0.3 is 11.4 Å². The van der Waals surface area contributed by atoms with Crippen LogP contribution < -0.4 is 29.6 Å². The SMILES string of the molecule is C[C-](C)C.[Na+].[OH-]. The Kier molecular flexibility index (Phi) is 24.6. The van der Waals surface area contributed by atoms with Gasteiger partial charge in [-0.05, 0) is 0 Å². The van der Waals surface area contributed by atoms with Gasteiger partial charge in [-0.15, -0.1) is 0 Å². The van der Waals surface area contributed by atoms with Crippen molar-refractivity contribution in [2.24, 2.45) is 0 Å². The molecule has 2 heteroatoms. The van der Waals surface area contributed by atoms with Crippen LogP contribution >= 0.6 is 0 Å². The summed E-state index contributed by atoms with van der Waals surface area (Å²) < 4.78 is 0. The van der Waals surface area contributed by atoms with Crippen LogP contribution in [-0.4, -0.2) is 5.48 Å². The zero-order valence-electron chi connectivity index (χ0n) is 4.95. The summed E-state index contributed by atoms with van der Waals surface area (Å²) in [6.45, 7) is 6.25. The number of hydrogen-bond donors (Lipinski definition) is 0. The Hall–Kier alpha value is 0.960. The van der Waals surface area contributed by atoms with E-state index in [0.29, 0.717) is 0 Å². The normalized spacial score (nSPS) is 6.00. The van der Waals surface area contributed by atoms with Crippen LogP contribution in [0.2, 0.25) is 0 Å². The van der Waals surface area contributed by atoms with Crippen LogP contribution in [0.3, 0.4) is 0 Å². The second-order valence-electron chi connectivity index (χ2n) is 1.50. The third-order valence-electron chi connectivity index (χ3n) is 0. The zero-order valence-corrected chi connectivity index (χ0v) is 6.95. The molecule has 0 radical (unpaired) electrons. The molecule has 0 atom stereocenters. The summed E-state index contributed by atoms with van der Waals surface area (Å²) in [6.07, 6.45) is 0. The van der Waals surface area contributed by atoms with Crippen LogP contribution in [0.5, 0.6) is 0 Å². The van der Waals surface area contributed by atoms with Crippen molar-refractivity contribution < 1.29 is 35.0 Å². The minimum atomic E-state index is 0. The van der Waals surface area contributed by atoms with Gasteiger partial charge in [-0.25, -0.2) is 0 Å². The molecule has 0 rings (SSSR count). The smallest absolute Gasteiger partial charge is 0.870 e. The Balaban J connectivity index is -0.0000000450. The van der Waals surface area contributed by atoms with Crippen molar-refractivity contribution >= 4 is 0 Å². The van der Waals surface area contributed by atoms with Crippen molar-refractivity contribution in [1.29, 1.82) is 0 Å². The van der Waals surface area contributed by atoms with E-state index in [2.05, 4.69) is 20.8 Å². The molecule has 0 aliphatic carbocycles. The minimum absolute atomic E-state index is 0. The van der Waals surface area contributed by atoms with E-state index >= 15 is 0 Å². The third kappa shape index (κ3) is 84.4. The molecule has 0 saturated carbocycles. The van der Waals surface area contributed by atoms with Crippen molar-refractivity contribution in [2.45, 2.75) is 20.8 Å². The van der Waals surface area contributed by atoms with Crippen molar-refractivity contribution in [2.75, 3.05) is 0 Å². The largest absolute Gasteiger partial charge is 1.00 e. The van der Waals surface area contributed by atoms with Gasteiger partial charge in [0.25, 0.3) is 0 Å². The zero-order chi connectivity index (χ0) is 3.58. The molecule has 0 unspecified atom stereocenters. The molecule has 0 aromatic rings. The van der Waals surface area contributed by atoms with Gasteiger partial charge in [-0.2, -0.15) is 20.8 Å². The fourth-order valence-electron chi connectivity index (χ4n) is 0. The van der Waals surface area contributed by atoms with Gasteiger partial charge in [-0.1, -0.05) is 0 Å². The van der Waals surface area contributed by atoms with Gasteiger partial charge in [0, 0.05) is 0 Å². The summed E-state index contributed by atoms with van der Waals surface area (Å²) in [6, 6.07) is 0. The second kappa shape index (κ2) is 9.35. The van der Waals surface area contributed by atoms with E-state index in [1.54, 1.807) is 0 Å². The average Bonchev–Trinajstić information content (AvgIpc) is 0.811. The van der Waals surface area contributed by atoms with Crippen LogP contribution in [0.15, 0.2) is 0 Å². The quantitative estimate of drug-likeness (QED) is 0.266. The van der Waals surface area contributed by atoms with Gasteiger partial charge in [0.15, 0.2) is 0 Å². The van der Waals surface area contributed by atoms with Crippen molar-refractivity contribution in [3.63, 3.8) is 0 Å². The molecule has 1 nitrogen and oxygen atoms in total. The maximum atomic E-state index is 2.08. The maximum Gasteiger partial charge on any atom is 1.00 e. The molecule has 0 aromatic carbocycles. The summed E-state index contributed by atoms with van der Waals surface area (Å²) in [5.41, 5.74) is 0. The fraction of sp³-hybridized carbons (Fsp3) is 0.750. The molecule has 0 bridgehead atoms. The molecular formula is C4H10NaO-. The summed E-state index contributed by atoms with van der Waals surface area (Å²) in [5, 5.41) is 0. The molecule has 34 valence electrons. The molecule has 0 spiro atoms. The maximum absolute atomic E-state index is 2.08. The van der Waals surface area contributed by atoms with Crippen LogP contribution in [-0.2, 0) is 0 Å². The summed E-state index contributed by atoms with van der Waals surface area (Å²) >= 11 is 0. The summed E-state index contributed by atoms with van der Waals surface area (Å²) in [4.78, 5) is 0. The Morgan fingerprint density at radius 1 is 1.00 bits per heavy atom. The van der Waals surface area contributed by atoms with Gasteiger partial charge in [-0.3, -0.25) is 0 Å². The number of rotatable bonds is 0. The van der Waals surface area contributed by atoms with Crippen LogP contribution in [0, 0.1) is 5.92 Å². The minimum Gasteiger partial charge on any atom is -0.870 e. The van der Waals surface area contributed by atoms with Crippen LogP contribution in [0.25, 0.3) is 0 Å². The molecule has 0 heterocycles. The van der Waals surface area contributed by atoms with Gasteiger partial charge in [0.05, 0.1) is 0 Å². The van der Waals surface area contributed by atoms with E-state index in [1.165, 1.54) is 5.92 Å². The topological polar surface area (TPSA) is 30.0 Å². The van der Waals surface area contributed by atoms with Crippen LogP contribution in [0.4, 0.5) is 0 Å². The molecule has 0 saturated heterocycles. The van der Waals surface area contributed by atoms with Crippen molar-refractivity contribution in [3.05, 3.63) is 5.92 Å². The first-order valence-electron chi connectivity index (χ1n) is 1.50. The third-order valence-corrected chi connectivity index (χ3v) is 0. The van der Waals surface area contributed by atoms with E-state index in [4.69, 9.17) is 0 Å². The first kappa shape index (κ1) is 15.8. The Morgan fingerprint density at radius 3 is 1.00 bits per heavy atom. The van der Waals surface area contributed by atoms with Crippen LogP contribution in [0.1, 0.15) is 20.8 Å². The summed E-state index contributed by atoms with van der Waals surface area (Å²) in [7, 11) is 0. The Morgan fingerprint density at radius 2 is 1.00 bits per heavy atom. The van der Waals surface area contributed by atoms with E-state index in [9.17, 15) is 0 Å². The van der Waals surface area contributed by atoms with Crippen molar-refractivity contribution in [3.8, 4) is 0 Å². The molecule has 0 aliphatic heterocycles. The average molecular weight is 97.1 g/mol. The van der Waals surface area contributed by atoms with E-state index in [1.807, 2.05) is 0 Å². The summed E-state index contributed by atoms with van der Waals surface area (Å²) in [5.74, 6) is 1.42. The predicted molar refractivity (Wildman–Crippen MR) is 22.2 cm³/mol. The van der Waals surface area contributed by atoms with Gasteiger partial charge >= 0.3 is 29.6 Å². The Bertz CT molecular complexity index is 12.3.